The summed E-state index contributed by atoms with van der Waals surface area (Å²) in [5, 5.41) is 12.1. The molecule has 0 saturated heterocycles. The first kappa shape index (κ1) is 23.5. The normalized spacial score (nSPS) is 11.0. The molecule has 2 heterocycles. The van der Waals surface area contributed by atoms with Gasteiger partial charge in [0.25, 0.3) is 5.69 Å². The van der Waals surface area contributed by atoms with Crippen molar-refractivity contribution in [2.24, 2.45) is 0 Å². The lowest BCUT2D eigenvalue weighted by molar-refractivity contribution is -0.385. The van der Waals surface area contributed by atoms with E-state index < -0.39 is 21.9 Å². The van der Waals surface area contributed by atoms with Gasteiger partial charge in [-0.05, 0) is 49.7 Å². The van der Waals surface area contributed by atoms with E-state index in [1.807, 2.05) is 0 Å². The highest BCUT2D eigenvalue weighted by atomic mass is 16.6. The Morgan fingerprint density at radius 2 is 1.65 bits per heavy atom. The molecule has 0 fully saturated rings. The number of benzene rings is 3. The maximum atomic E-state index is 13.0. The van der Waals surface area contributed by atoms with E-state index >= 15 is 0 Å². The summed E-state index contributed by atoms with van der Waals surface area (Å²) in [6, 6.07) is 14.5. The summed E-state index contributed by atoms with van der Waals surface area (Å²) in [7, 11) is 0. The molecule has 10 nitrogen and oxygen atoms in total. The Hall–Kier alpha value is -5.25. The molecule has 0 bridgehead atoms. The summed E-state index contributed by atoms with van der Waals surface area (Å²) in [4.78, 5) is 47.8. The number of nitrogens with zero attached hydrogens (tertiary/aromatic N) is 1. The molecule has 0 aliphatic carbocycles. The average molecular weight is 499 g/mol. The molecule has 37 heavy (non-hydrogen) atoms. The van der Waals surface area contributed by atoms with Gasteiger partial charge in [-0.25, -0.2) is 9.59 Å². The smallest absolute Gasteiger partial charge is 0.344 e. The van der Waals surface area contributed by atoms with E-state index in [2.05, 4.69) is 0 Å². The number of fused-ring (bicyclic) bond motifs is 2. The fourth-order valence-corrected chi connectivity index (χ4v) is 3.92. The molecule has 0 N–H and O–H groups in total. The standard InChI is InChI=1S/C27H17NO9/c1-14-10-25(29)37-23-12-16(6-8-18(14)23)35-24-13-34-22-11-17(7-9-20(22)26(24)30)36-27(31)19-4-3-5-21(15(19)2)28(32)33/h3-13H,1-2H3. The number of rotatable bonds is 5. The van der Waals surface area contributed by atoms with E-state index in [9.17, 15) is 24.5 Å². The zero-order valence-corrected chi connectivity index (χ0v) is 19.5. The molecule has 5 aromatic rings. The van der Waals surface area contributed by atoms with E-state index in [0.29, 0.717) is 5.58 Å². The molecule has 5 rings (SSSR count). The van der Waals surface area contributed by atoms with Crippen LogP contribution in [0.2, 0.25) is 0 Å². The van der Waals surface area contributed by atoms with Gasteiger partial charge in [0.05, 0.1) is 15.9 Å². The first-order valence-electron chi connectivity index (χ1n) is 11.0. The lowest BCUT2D eigenvalue weighted by Crippen LogP contribution is -2.11. The third-order valence-corrected chi connectivity index (χ3v) is 5.80. The van der Waals surface area contributed by atoms with Gasteiger partial charge >= 0.3 is 11.6 Å². The second kappa shape index (κ2) is 9.08. The second-order valence-corrected chi connectivity index (χ2v) is 8.19. The van der Waals surface area contributed by atoms with Gasteiger partial charge in [-0.15, -0.1) is 0 Å². The Balaban J connectivity index is 1.42. The topological polar surface area (TPSA) is 139 Å². The quantitative estimate of drug-likeness (QED) is 0.102. The second-order valence-electron chi connectivity index (χ2n) is 8.19. The minimum Gasteiger partial charge on any atom is -0.460 e. The molecule has 2 aromatic heterocycles. The molecule has 0 atom stereocenters. The minimum absolute atomic E-state index is 0.0425. The molecule has 0 saturated carbocycles. The third-order valence-electron chi connectivity index (χ3n) is 5.80. The number of esters is 1. The van der Waals surface area contributed by atoms with Gasteiger partial charge in [0.2, 0.25) is 11.2 Å². The first-order chi connectivity index (χ1) is 17.7. The van der Waals surface area contributed by atoms with Crippen molar-refractivity contribution in [2.45, 2.75) is 13.8 Å². The SMILES string of the molecule is Cc1c(C(=O)Oc2ccc3c(=O)c(Oc4ccc5c(C)cc(=O)oc5c4)coc3c2)cccc1[N+](=O)[O-]. The largest absolute Gasteiger partial charge is 0.460 e. The van der Waals surface area contributed by atoms with Gasteiger partial charge in [0.1, 0.15) is 28.9 Å². The van der Waals surface area contributed by atoms with Crippen LogP contribution in [0, 0.1) is 24.0 Å². The average Bonchev–Trinajstić information content (AvgIpc) is 2.85. The van der Waals surface area contributed by atoms with E-state index in [1.165, 1.54) is 55.5 Å². The number of hydrogen-bond donors (Lipinski definition) is 0. The summed E-state index contributed by atoms with van der Waals surface area (Å²) < 4.78 is 21.8. The molecular weight excluding hydrogens is 482 g/mol. The zero-order chi connectivity index (χ0) is 26.3. The van der Waals surface area contributed by atoms with Crippen LogP contribution in [0.15, 0.2) is 85.4 Å². The van der Waals surface area contributed by atoms with Crippen molar-refractivity contribution in [3.63, 3.8) is 0 Å². The summed E-state index contributed by atoms with van der Waals surface area (Å²) >= 11 is 0. The van der Waals surface area contributed by atoms with E-state index in [1.54, 1.807) is 19.1 Å². The van der Waals surface area contributed by atoms with Gasteiger partial charge in [-0.2, -0.15) is 0 Å². The molecule has 0 aliphatic rings. The van der Waals surface area contributed by atoms with Crippen LogP contribution < -0.4 is 20.5 Å². The Bertz CT molecular complexity index is 1850. The van der Waals surface area contributed by atoms with Gasteiger partial charge in [0, 0.05) is 35.2 Å². The van der Waals surface area contributed by atoms with Gasteiger partial charge < -0.3 is 18.3 Å². The molecule has 3 aromatic carbocycles. The summed E-state index contributed by atoms with van der Waals surface area (Å²) in [6.07, 6.45) is 1.12. The molecule has 0 amide bonds. The number of nitro groups is 1. The summed E-state index contributed by atoms with van der Waals surface area (Å²) in [5.41, 5.74) is 0.256. The molecule has 184 valence electrons. The Morgan fingerprint density at radius 1 is 0.919 bits per heavy atom. The Morgan fingerprint density at radius 3 is 2.43 bits per heavy atom. The van der Waals surface area contributed by atoms with Crippen LogP contribution in [0.5, 0.6) is 17.2 Å². The zero-order valence-electron chi connectivity index (χ0n) is 19.5. The lowest BCUT2D eigenvalue weighted by Gasteiger charge is -2.09. The number of carbonyl (C=O) groups is 1. The fourth-order valence-electron chi connectivity index (χ4n) is 3.92. The lowest BCUT2D eigenvalue weighted by atomic mass is 10.1. The van der Waals surface area contributed by atoms with Crippen molar-refractivity contribution in [2.75, 3.05) is 0 Å². The van der Waals surface area contributed by atoms with Gasteiger partial charge in [0.15, 0.2) is 0 Å². The molecule has 10 heteroatoms. The number of aryl methyl sites for hydroxylation is 1. The van der Waals surface area contributed by atoms with Gasteiger partial charge in [-0.3, -0.25) is 14.9 Å². The maximum Gasteiger partial charge on any atom is 0.344 e. The van der Waals surface area contributed by atoms with Crippen molar-refractivity contribution in [1.29, 1.82) is 0 Å². The number of carbonyl (C=O) groups excluding carboxylic acids is 1. The van der Waals surface area contributed by atoms with Crippen molar-refractivity contribution < 1.29 is 28.0 Å². The minimum atomic E-state index is -0.791. The third kappa shape index (κ3) is 4.43. The first-order valence-corrected chi connectivity index (χ1v) is 11.0. The van der Waals surface area contributed by atoms with Crippen LogP contribution >= 0.6 is 0 Å². The molecule has 0 radical (unpaired) electrons. The van der Waals surface area contributed by atoms with Crippen LogP contribution in [0.25, 0.3) is 21.9 Å². The monoisotopic (exact) mass is 499 g/mol. The van der Waals surface area contributed by atoms with Crippen molar-refractivity contribution >= 4 is 33.6 Å². The summed E-state index contributed by atoms with van der Waals surface area (Å²) in [5.74, 6) is -0.536. The Kier molecular flexibility index (Phi) is 5.76. The molecule has 0 spiro atoms. The summed E-state index contributed by atoms with van der Waals surface area (Å²) in [6.45, 7) is 3.24. The highest BCUT2D eigenvalue weighted by Gasteiger charge is 2.20. The fraction of sp³-hybridized carbons (Fsp3) is 0.0741. The van der Waals surface area contributed by atoms with Crippen LogP contribution in [-0.4, -0.2) is 10.9 Å². The van der Waals surface area contributed by atoms with Gasteiger partial charge in [-0.1, -0.05) is 6.07 Å². The number of nitro benzene ring substituents is 1. The van der Waals surface area contributed by atoms with Crippen LogP contribution in [0.3, 0.4) is 0 Å². The number of hydrogen-bond acceptors (Lipinski definition) is 9. The van der Waals surface area contributed by atoms with E-state index in [-0.39, 0.29) is 45.0 Å². The molecular formula is C27H17NO9. The predicted molar refractivity (Wildman–Crippen MR) is 133 cm³/mol. The van der Waals surface area contributed by atoms with Crippen LogP contribution in [0.4, 0.5) is 5.69 Å². The van der Waals surface area contributed by atoms with Crippen molar-refractivity contribution in [3.8, 4) is 17.2 Å². The molecule has 0 unspecified atom stereocenters. The predicted octanol–water partition coefficient (Wildman–Crippen LogP) is 5.44. The Labute approximate surface area is 207 Å². The van der Waals surface area contributed by atoms with Crippen molar-refractivity contribution in [1.82, 2.24) is 0 Å². The van der Waals surface area contributed by atoms with Crippen molar-refractivity contribution in [3.05, 3.63) is 114 Å². The van der Waals surface area contributed by atoms with Crippen LogP contribution in [-0.2, 0) is 0 Å². The maximum absolute atomic E-state index is 13.0. The highest BCUT2D eigenvalue weighted by molar-refractivity contribution is 5.94. The van der Waals surface area contributed by atoms with Crippen LogP contribution in [0.1, 0.15) is 21.5 Å². The molecule has 0 aliphatic heterocycles. The highest BCUT2D eigenvalue weighted by Crippen LogP contribution is 2.28. The number of ether oxygens (including phenoxy) is 2. The van der Waals surface area contributed by atoms with E-state index in [4.69, 9.17) is 18.3 Å². The van der Waals surface area contributed by atoms with E-state index in [0.717, 1.165) is 17.2 Å².